The molecule has 2 unspecified atom stereocenters. The van der Waals surface area contributed by atoms with Crippen molar-refractivity contribution in [2.75, 3.05) is 25.0 Å². The summed E-state index contributed by atoms with van der Waals surface area (Å²) >= 11 is 6.11. The molecule has 0 saturated carbocycles. The Morgan fingerprint density at radius 1 is 1.50 bits per heavy atom. The van der Waals surface area contributed by atoms with Gasteiger partial charge >= 0.3 is 0 Å². The molecule has 2 N–H and O–H groups in total. The molecule has 20 heavy (non-hydrogen) atoms. The molecule has 1 aromatic carbocycles. The Kier molecular flexibility index (Phi) is 3.85. The fourth-order valence-electron chi connectivity index (χ4n) is 3.42. The van der Waals surface area contributed by atoms with Crippen LogP contribution < -0.4 is 15.5 Å². The molecule has 2 aliphatic rings. The van der Waals surface area contributed by atoms with E-state index in [0.717, 1.165) is 37.5 Å². The van der Waals surface area contributed by atoms with Gasteiger partial charge in [0.2, 0.25) is 5.91 Å². The summed E-state index contributed by atoms with van der Waals surface area (Å²) in [4.78, 5) is 14.3. The Morgan fingerprint density at radius 2 is 2.35 bits per heavy atom. The van der Waals surface area contributed by atoms with E-state index in [1.165, 1.54) is 11.3 Å². The summed E-state index contributed by atoms with van der Waals surface area (Å²) in [5, 5.41) is 6.95. The van der Waals surface area contributed by atoms with Crippen molar-refractivity contribution in [1.29, 1.82) is 0 Å². The minimum Gasteiger partial charge on any atom is -0.366 e. The molecule has 0 spiro atoms. The highest BCUT2D eigenvalue weighted by Crippen LogP contribution is 2.34. The van der Waals surface area contributed by atoms with Gasteiger partial charge in [-0.15, -0.1) is 0 Å². The second-order valence-corrected chi connectivity index (χ2v) is 5.99. The molecule has 4 nitrogen and oxygen atoms in total. The maximum atomic E-state index is 11.9. The Labute approximate surface area is 124 Å². The maximum Gasteiger partial charge on any atom is 0.225 e. The highest BCUT2D eigenvalue weighted by atomic mass is 35.5. The Bertz CT molecular complexity index is 520. The first-order valence-corrected chi connectivity index (χ1v) is 7.56. The first-order valence-electron chi connectivity index (χ1n) is 7.18. The number of nitrogens with one attached hydrogen (secondary N) is 2. The van der Waals surface area contributed by atoms with Crippen molar-refractivity contribution in [3.63, 3.8) is 0 Å². The van der Waals surface area contributed by atoms with Gasteiger partial charge in [-0.05, 0) is 43.7 Å². The van der Waals surface area contributed by atoms with Gasteiger partial charge in [0.15, 0.2) is 0 Å². The van der Waals surface area contributed by atoms with Crippen LogP contribution in [0.15, 0.2) is 18.2 Å². The van der Waals surface area contributed by atoms with Gasteiger partial charge in [0.05, 0.1) is 12.0 Å². The molecule has 1 aromatic rings. The van der Waals surface area contributed by atoms with Crippen molar-refractivity contribution >= 4 is 23.2 Å². The molecular formula is C15H20ClN3O. The largest absolute Gasteiger partial charge is 0.366 e. The van der Waals surface area contributed by atoms with E-state index >= 15 is 0 Å². The molecular weight excluding hydrogens is 274 g/mol. The minimum atomic E-state index is 0.141. The topological polar surface area (TPSA) is 44.4 Å². The lowest BCUT2D eigenvalue weighted by atomic mass is 9.90. The zero-order valence-electron chi connectivity index (χ0n) is 11.7. The molecule has 1 amide bonds. The lowest BCUT2D eigenvalue weighted by Gasteiger charge is -2.38. The molecule has 2 heterocycles. The van der Waals surface area contributed by atoms with Crippen LogP contribution in [0.4, 0.5) is 5.69 Å². The molecule has 3 rings (SSSR count). The van der Waals surface area contributed by atoms with Gasteiger partial charge in [0.25, 0.3) is 0 Å². The van der Waals surface area contributed by atoms with Crippen LogP contribution in [0.2, 0.25) is 5.02 Å². The Morgan fingerprint density at radius 3 is 3.15 bits per heavy atom. The zero-order valence-corrected chi connectivity index (χ0v) is 12.4. The number of benzene rings is 1. The summed E-state index contributed by atoms with van der Waals surface area (Å²) in [5.41, 5.74) is 2.40. The predicted octanol–water partition coefficient (Wildman–Crippen LogP) is 1.77. The van der Waals surface area contributed by atoms with Crippen LogP contribution in [-0.4, -0.2) is 32.1 Å². The van der Waals surface area contributed by atoms with E-state index in [1.54, 1.807) is 0 Å². The van der Waals surface area contributed by atoms with E-state index in [-0.39, 0.29) is 17.9 Å². The first-order chi connectivity index (χ1) is 9.70. The van der Waals surface area contributed by atoms with Crippen LogP contribution in [0.5, 0.6) is 0 Å². The number of fused-ring (bicyclic) bond motifs is 1. The van der Waals surface area contributed by atoms with Crippen LogP contribution >= 0.6 is 11.6 Å². The fourth-order valence-corrected chi connectivity index (χ4v) is 3.61. The maximum absolute atomic E-state index is 11.9. The second-order valence-electron chi connectivity index (χ2n) is 5.56. The van der Waals surface area contributed by atoms with Crippen molar-refractivity contribution in [2.24, 2.45) is 5.92 Å². The normalized spacial score (nSPS) is 25.5. The van der Waals surface area contributed by atoms with Gasteiger partial charge in [-0.25, -0.2) is 0 Å². The molecule has 5 heteroatoms. The lowest BCUT2D eigenvalue weighted by molar-refractivity contribution is -0.122. The van der Waals surface area contributed by atoms with E-state index in [1.807, 2.05) is 19.2 Å². The molecule has 2 aliphatic heterocycles. The second kappa shape index (κ2) is 5.62. The quantitative estimate of drug-likeness (QED) is 0.893. The molecule has 0 radical (unpaired) electrons. The molecule has 108 valence electrons. The highest BCUT2D eigenvalue weighted by molar-refractivity contribution is 6.30. The number of nitrogens with zero attached hydrogens (tertiary/aromatic N) is 1. The standard InChI is InChI=1S/C15H20ClN3O/c1-17-8-10-7-11(16)4-5-13(10)19-6-2-3-12-14(19)9-18-15(12)20/h4-5,7,12,14,17H,2-3,6,8-9H2,1H3,(H,18,20). The van der Waals surface area contributed by atoms with E-state index in [0.29, 0.717) is 0 Å². The Hall–Kier alpha value is -1.26. The van der Waals surface area contributed by atoms with Crippen molar-refractivity contribution in [3.8, 4) is 0 Å². The zero-order chi connectivity index (χ0) is 14.1. The van der Waals surface area contributed by atoms with Crippen LogP contribution in [0, 0.1) is 5.92 Å². The third-order valence-electron chi connectivity index (χ3n) is 4.32. The number of amides is 1. The number of halogens is 1. The third kappa shape index (κ3) is 2.38. The van der Waals surface area contributed by atoms with Crippen molar-refractivity contribution < 1.29 is 4.79 Å². The van der Waals surface area contributed by atoms with Gasteiger partial charge in [-0.2, -0.15) is 0 Å². The smallest absolute Gasteiger partial charge is 0.225 e. The highest BCUT2D eigenvalue weighted by Gasteiger charge is 2.41. The summed E-state index contributed by atoms with van der Waals surface area (Å²) < 4.78 is 0. The van der Waals surface area contributed by atoms with Gasteiger partial charge in [0.1, 0.15) is 0 Å². The van der Waals surface area contributed by atoms with Crippen LogP contribution in [0.3, 0.4) is 0 Å². The van der Waals surface area contributed by atoms with Crippen molar-refractivity contribution in [1.82, 2.24) is 10.6 Å². The van der Waals surface area contributed by atoms with E-state index in [2.05, 4.69) is 21.6 Å². The first kappa shape index (κ1) is 13.7. The monoisotopic (exact) mass is 293 g/mol. The number of hydrogen-bond acceptors (Lipinski definition) is 3. The number of anilines is 1. The number of hydrogen-bond donors (Lipinski definition) is 2. The SMILES string of the molecule is CNCc1cc(Cl)ccc1N1CCCC2C(=O)NCC21. The number of rotatable bonds is 3. The van der Waals surface area contributed by atoms with Gasteiger partial charge < -0.3 is 15.5 Å². The van der Waals surface area contributed by atoms with Crippen molar-refractivity contribution in [3.05, 3.63) is 28.8 Å². The average molecular weight is 294 g/mol. The lowest BCUT2D eigenvalue weighted by Crippen LogP contribution is -2.46. The van der Waals surface area contributed by atoms with E-state index in [9.17, 15) is 4.79 Å². The average Bonchev–Trinajstić information content (AvgIpc) is 2.82. The fraction of sp³-hybridized carbons (Fsp3) is 0.533. The van der Waals surface area contributed by atoms with Crippen LogP contribution in [0.25, 0.3) is 0 Å². The van der Waals surface area contributed by atoms with E-state index in [4.69, 9.17) is 11.6 Å². The van der Waals surface area contributed by atoms with Gasteiger partial charge in [0, 0.05) is 30.3 Å². The van der Waals surface area contributed by atoms with Gasteiger partial charge in [-0.1, -0.05) is 11.6 Å². The predicted molar refractivity (Wildman–Crippen MR) is 81.1 cm³/mol. The molecule has 2 atom stereocenters. The summed E-state index contributed by atoms with van der Waals surface area (Å²) in [7, 11) is 1.93. The summed E-state index contributed by atoms with van der Waals surface area (Å²) in [6.07, 6.45) is 2.07. The van der Waals surface area contributed by atoms with Gasteiger partial charge in [-0.3, -0.25) is 4.79 Å². The van der Waals surface area contributed by atoms with Crippen LogP contribution in [0.1, 0.15) is 18.4 Å². The molecule has 0 aromatic heterocycles. The number of carbonyl (C=O) groups excluding carboxylic acids is 1. The minimum absolute atomic E-state index is 0.141. The van der Waals surface area contributed by atoms with E-state index < -0.39 is 0 Å². The summed E-state index contributed by atoms with van der Waals surface area (Å²) in [6, 6.07) is 6.32. The Balaban J connectivity index is 1.93. The number of piperidine rings is 1. The molecule has 2 fully saturated rings. The third-order valence-corrected chi connectivity index (χ3v) is 4.55. The molecule has 2 saturated heterocycles. The van der Waals surface area contributed by atoms with Crippen molar-refractivity contribution in [2.45, 2.75) is 25.4 Å². The molecule has 0 aliphatic carbocycles. The summed E-state index contributed by atoms with van der Waals surface area (Å²) in [5.74, 6) is 0.352. The summed E-state index contributed by atoms with van der Waals surface area (Å²) in [6.45, 7) is 2.55. The molecule has 0 bridgehead atoms. The van der Waals surface area contributed by atoms with Crippen LogP contribution in [-0.2, 0) is 11.3 Å². The number of carbonyl (C=O) groups is 1.